The van der Waals surface area contributed by atoms with E-state index in [0.29, 0.717) is 35.7 Å². The first kappa shape index (κ1) is 28.9. The number of esters is 1. The van der Waals surface area contributed by atoms with E-state index in [1.165, 1.54) is 45.4 Å². The lowest BCUT2D eigenvalue weighted by molar-refractivity contribution is -0.121. The first-order valence-corrected chi connectivity index (χ1v) is 13.0. The molecule has 0 aromatic heterocycles. The van der Waals surface area contributed by atoms with E-state index in [1.54, 1.807) is 42.5 Å². The van der Waals surface area contributed by atoms with Crippen molar-refractivity contribution in [2.24, 2.45) is 5.10 Å². The minimum absolute atomic E-state index is 0.0981. The largest absolute Gasteiger partial charge is 0.494 e. The van der Waals surface area contributed by atoms with Gasteiger partial charge in [0.15, 0.2) is 11.5 Å². The van der Waals surface area contributed by atoms with Crippen LogP contribution in [0.1, 0.15) is 94.0 Å². The minimum atomic E-state index is -0.493. The summed E-state index contributed by atoms with van der Waals surface area (Å²) in [5, 5.41) is 4.03. The molecule has 1 amide bonds. The van der Waals surface area contributed by atoms with Crippen molar-refractivity contribution in [1.29, 1.82) is 0 Å². The molecule has 1 N–H and O–H groups in total. The van der Waals surface area contributed by atoms with E-state index in [2.05, 4.69) is 24.4 Å². The van der Waals surface area contributed by atoms with Gasteiger partial charge in [0.2, 0.25) is 5.91 Å². The first-order valence-electron chi connectivity index (χ1n) is 13.0. The molecule has 0 saturated heterocycles. The van der Waals surface area contributed by atoms with Gasteiger partial charge in [-0.25, -0.2) is 10.2 Å². The van der Waals surface area contributed by atoms with E-state index in [0.717, 1.165) is 31.4 Å². The SMILES string of the molecule is CCCCCCCCCC(=O)N/N=C/c1ccc(OC(=O)c2ccc(OCCCC)cc2)c(OC)c1. The third-order valence-electron chi connectivity index (χ3n) is 5.66. The van der Waals surface area contributed by atoms with Crippen LogP contribution < -0.4 is 19.6 Å². The van der Waals surface area contributed by atoms with Gasteiger partial charge in [-0.15, -0.1) is 0 Å². The third kappa shape index (κ3) is 10.9. The van der Waals surface area contributed by atoms with Gasteiger partial charge in [-0.05, 0) is 60.9 Å². The Labute approximate surface area is 215 Å². The molecule has 7 nitrogen and oxygen atoms in total. The van der Waals surface area contributed by atoms with E-state index in [1.807, 2.05) is 0 Å². The van der Waals surface area contributed by atoms with Gasteiger partial charge in [0.25, 0.3) is 0 Å². The summed E-state index contributed by atoms with van der Waals surface area (Å²) in [7, 11) is 1.50. The van der Waals surface area contributed by atoms with Gasteiger partial charge < -0.3 is 14.2 Å². The molecule has 0 aliphatic rings. The second kappa shape index (κ2) is 17.1. The van der Waals surface area contributed by atoms with Crippen molar-refractivity contribution < 1.29 is 23.8 Å². The monoisotopic (exact) mass is 496 g/mol. The number of benzene rings is 2. The number of methoxy groups -OCH3 is 1. The molecule has 0 unspecified atom stereocenters. The molecule has 0 aliphatic heterocycles. The van der Waals surface area contributed by atoms with Gasteiger partial charge in [-0.1, -0.05) is 58.8 Å². The Morgan fingerprint density at radius 1 is 0.861 bits per heavy atom. The van der Waals surface area contributed by atoms with Crippen LogP contribution >= 0.6 is 0 Å². The maximum Gasteiger partial charge on any atom is 0.343 e. The normalized spacial score (nSPS) is 10.9. The molecule has 196 valence electrons. The highest BCUT2D eigenvalue weighted by Crippen LogP contribution is 2.28. The zero-order valence-electron chi connectivity index (χ0n) is 21.9. The summed E-state index contributed by atoms with van der Waals surface area (Å²) >= 11 is 0. The molecule has 2 rings (SSSR count). The number of nitrogens with zero attached hydrogens (tertiary/aromatic N) is 1. The molecule has 7 heteroatoms. The molecule has 0 aliphatic carbocycles. The van der Waals surface area contributed by atoms with E-state index >= 15 is 0 Å². The summed E-state index contributed by atoms with van der Waals surface area (Å²) in [5.74, 6) is 0.814. The summed E-state index contributed by atoms with van der Waals surface area (Å²) in [6.45, 7) is 4.96. The molecule has 2 aromatic carbocycles. The number of carbonyl (C=O) groups is 2. The van der Waals surface area contributed by atoms with Crippen molar-refractivity contribution in [1.82, 2.24) is 5.43 Å². The summed E-state index contributed by atoms with van der Waals surface area (Å²) in [6.07, 6.45) is 12.2. The lowest BCUT2D eigenvalue weighted by atomic mass is 10.1. The quantitative estimate of drug-likeness (QED) is 0.0867. The number of unbranched alkanes of at least 4 members (excludes halogenated alkanes) is 7. The smallest absolute Gasteiger partial charge is 0.343 e. The lowest BCUT2D eigenvalue weighted by Gasteiger charge is -2.10. The van der Waals surface area contributed by atoms with Crippen LogP contribution in [0.15, 0.2) is 47.6 Å². The van der Waals surface area contributed by atoms with Gasteiger partial charge in [0.05, 0.1) is 25.5 Å². The Kier molecular flexibility index (Phi) is 13.8. The van der Waals surface area contributed by atoms with Gasteiger partial charge >= 0.3 is 5.97 Å². The van der Waals surface area contributed by atoms with Crippen LogP contribution in [0.5, 0.6) is 17.2 Å². The highest BCUT2D eigenvalue weighted by molar-refractivity contribution is 5.91. The highest BCUT2D eigenvalue weighted by Gasteiger charge is 2.13. The zero-order valence-corrected chi connectivity index (χ0v) is 21.9. The number of rotatable bonds is 17. The fourth-order valence-corrected chi connectivity index (χ4v) is 3.51. The average molecular weight is 497 g/mol. The van der Waals surface area contributed by atoms with Crippen molar-refractivity contribution in [2.75, 3.05) is 13.7 Å². The maximum absolute atomic E-state index is 12.6. The number of amides is 1. The minimum Gasteiger partial charge on any atom is -0.494 e. The van der Waals surface area contributed by atoms with Crippen molar-refractivity contribution in [3.05, 3.63) is 53.6 Å². The summed E-state index contributed by atoms with van der Waals surface area (Å²) in [4.78, 5) is 24.5. The van der Waals surface area contributed by atoms with Crippen LogP contribution in [0, 0.1) is 0 Å². The second-order valence-corrected chi connectivity index (χ2v) is 8.69. The Bertz CT molecular complexity index is 957. The van der Waals surface area contributed by atoms with E-state index in [-0.39, 0.29) is 5.91 Å². The maximum atomic E-state index is 12.6. The Balaban J connectivity index is 1.82. The summed E-state index contributed by atoms with van der Waals surface area (Å²) < 4.78 is 16.5. The standard InChI is InChI=1S/C29H40N2O5/c1-4-6-8-9-10-11-12-13-28(32)31-30-22-23-14-19-26(27(21-23)34-3)36-29(33)24-15-17-25(18-16-24)35-20-7-5-2/h14-19,21-22H,4-13,20H2,1-3H3,(H,31,32)/b30-22+. The number of hydrogen-bond acceptors (Lipinski definition) is 6. The Morgan fingerprint density at radius 2 is 1.56 bits per heavy atom. The topological polar surface area (TPSA) is 86.2 Å². The molecule has 36 heavy (non-hydrogen) atoms. The fraction of sp³-hybridized carbons (Fsp3) is 0.483. The average Bonchev–Trinajstić information content (AvgIpc) is 2.89. The van der Waals surface area contributed by atoms with Gasteiger partial charge in [0, 0.05) is 6.42 Å². The molecule has 0 bridgehead atoms. The van der Waals surface area contributed by atoms with E-state index in [9.17, 15) is 9.59 Å². The number of ether oxygens (including phenoxy) is 3. The van der Waals surface area contributed by atoms with Crippen LogP contribution in [0.25, 0.3) is 0 Å². The number of hydrogen-bond donors (Lipinski definition) is 1. The Morgan fingerprint density at radius 3 is 2.25 bits per heavy atom. The molecule has 0 saturated carbocycles. The molecule has 0 fully saturated rings. The number of nitrogens with one attached hydrogen (secondary N) is 1. The third-order valence-corrected chi connectivity index (χ3v) is 5.66. The van der Waals surface area contributed by atoms with E-state index in [4.69, 9.17) is 14.2 Å². The molecule has 0 spiro atoms. The van der Waals surface area contributed by atoms with Gasteiger partial charge in [-0.2, -0.15) is 5.10 Å². The number of carbonyl (C=O) groups excluding carboxylic acids is 2. The zero-order chi connectivity index (χ0) is 26.0. The van der Waals surface area contributed by atoms with Crippen molar-refractivity contribution >= 4 is 18.1 Å². The predicted molar refractivity (Wildman–Crippen MR) is 143 cm³/mol. The van der Waals surface area contributed by atoms with Gasteiger partial charge in [0.1, 0.15) is 5.75 Å². The Hall–Kier alpha value is -3.35. The number of hydrazone groups is 1. The van der Waals surface area contributed by atoms with Crippen LogP contribution in [-0.2, 0) is 4.79 Å². The van der Waals surface area contributed by atoms with Crippen LogP contribution in [0.2, 0.25) is 0 Å². The van der Waals surface area contributed by atoms with Crippen LogP contribution in [-0.4, -0.2) is 31.8 Å². The fourth-order valence-electron chi connectivity index (χ4n) is 3.51. The molecule has 2 aromatic rings. The van der Waals surface area contributed by atoms with Crippen molar-refractivity contribution in [3.63, 3.8) is 0 Å². The summed E-state index contributed by atoms with van der Waals surface area (Å²) in [5.41, 5.74) is 3.68. The molecular formula is C29H40N2O5. The molecule has 0 radical (unpaired) electrons. The lowest BCUT2D eigenvalue weighted by Crippen LogP contribution is -2.16. The van der Waals surface area contributed by atoms with Crippen LogP contribution in [0.3, 0.4) is 0 Å². The predicted octanol–water partition coefficient (Wildman–Crippen LogP) is 6.68. The van der Waals surface area contributed by atoms with Crippen molar-refractivity contribution in [3.8, 4) is 17.2 Å². The molecule has 0 heterocycles. The van der Waals surface area contributed by atoms with E-state index < -0.39 is 5.97 Å². The van der Waals surface area contributed by atoms with Crippen molar-refractivity contribution in [2.45, 2.75) is 78.1 Å². The highest BCUT2D eigenvalue weighted by atomic mass is 16.6. The molecule has 0 atom stereocenters. The second-order valence-electron chi connectivity index (χ2n) is 8.69. The molecular weight excluding hydrogens is 456 g/mol. The van der Waals surface area contributed by atoms with Gasteiger partial charge in [-0.3, -0.25) is 4.79 Å². The summed E-state index contributed by atoms with van der Waals surface area (Å²) in [6, 6.07) is 11.9. The van der Waals surface area contributed by atoms with Crippen LogP contribution in [0.4, 0.5) is 0 Å². The first-order chi connectivity index (χ1) is 17.6.